The topological polar surface area (TPSA) is 26.3 Å². The van der Waals surface area contributed by atoms with Gasteiger partial charge >= 0.3 is 5.97 Å². The first kappa shape index (κ1) is 16.3. The van der Waals surface area contributed by atoms with Crippen molar-refractivity contribution in [2.45, 2.75) is 26.2 Å². The molecule has 0 amide bonds. The number of aryl methyl sites for hydroxylation is 1. The molecular formula is C22H22O2. The van der Waals surface area contributed by atoms with E-state index >= 15 is 0 Å². The summed E-state index contributed by atoms with van der Waals surface area (Å²) in [5, 5.41) is 2.52. The fourth-order valence-corrected chi connectivity index (χ4v) is 3.04. The Hall–Kier alpha value is -2.61. The number of hydrogen-bond donors (Lipinski definition) is 0. The van der Waals surface area contributed by atoms with Crippen molar-refractivity contribution < 1.29 is 9.53 Å². The predicted octanol–water partition coefficient (Wildman–Crippen LogP) is 5.39. The zero-order valence-corrected chi connectivity index (χ0v) is 14.0. The van der Waals surface area contributed by atoms with Gasteiger partial charge in [0, 0.05) is 6.42 Å². The number of esters is 1. The highest BCUT2D eigenvalue weighted by atomic mass is 16.5. The van der Waals surface area contributed by atoms with Crippen LogP contribution in [-0.2, 0) is 16.0 Å². The molecule has 0 aliphatic carbocycles. The van der Waals surface area contributed by atoms with E-state index in [1.807, 2.05) is 6.92 Å². The molecule has 0 aliphatic heterocycles. The third-order valence-corrected chi connectivity index (χ3v) is 4.18. The number of ether oxygens (including phenoxy) is 1. The number of rotatable bonds is 6. The van der Waals surface area contributed by atoms with Crippen LogP contribution in [0.5, 0.6) is 0 Å². The van der Waals surface area contributed by atoms with Gasteiger partial charge in [-0.3, -0.25) is 4.79 Å². The molecule has 0 radical (unpaired) electrons. The predicted molar refractivity (Wildman–Crippen MR) is 99.0 cm³/mol. The Morgan fingerprint density at radius 3 is 2.62 bits per heavy atom. The van der Waals surface area contributed by atoms with Gasteiger partial charge in [-0.1, -0.05) is 66.7 Å². The van der Waals surface area contributed by atoms with Crippen LogP contribution >= 0.6 is 0 Å². The number of benzene rings is 3. The minimum Gasteiger partial charge on any atom is -0.466 e. The second kappa shape index (κ2) is 7.78. The summed E-state index contributed by atoms with van der Waals surface area (Å²) in [5.74, 6) is -0.109. The van der Waals surface area contributed by atoms with Crippen molar-refractivity contribution in [1.82, 2.24) is 0 Å². The average Bonchev–Trinajstić information content (AvgIpc) is 2.62. The van der Waals surface area contributed by atoms with Gasteiger partial charge in [0.1, 0.15) is 0 Å². The minimum atomic E-state index is -0.109. The second-order valence-corrected chi connectivity index (χ2v) is 5.89. The average molecular weight is 318 g/mol. The Labute approximate surface area is 143 Å². The molecule has 0 bridgehead atoms. The molecule has 2 heteroatoms. The summed E-state index contributed by atoms with van der Waals surface area (Å²) in [6, 6.07) is 23.5. The van der Waals surface area contributed by atoms with Crippen molar-refractivity contribution in [3.63, 3.8) is 0 Å². The van der Waals surface area contributed by atoms with Gasteiger partial charge in [-0.15, -0.1) is 0 Å². The van der Waals surface area contributed by atoms with E-state index < -0.39 is 0 Å². The zero-order valence-electron chi connectivity index (χ0n) is 14.0. The lowest BCUT2D eigenvalue weighted by atomic mass is 9.96. The van der Waals surface area contributed by atoms with Gasteiger partial charge in [-0.05, 0) is 47.2 Å². The Bertz CT molecular complexity index is 831. The highest BCUT2D eigenvalue weighted by Crippen LogP contribution is 2.29. The van der Waals surface area contributed by atoms with E-state index in [1.54, 1.807) is 0 Å². The van der Waals surface area contributed by atoms with Gasteiger partial charge in [0.15, 0.2) is 0 Å². The van der Waals surface area contributed by atoms with Crippen molar-refractivity contribution in [3.8, 4) is 11.1 Å². The molecule has 0 unspecified atom stereocenters. The summed E-state index contributed by atoms with van der Waals surface area (Å²) in [6.45, 7) is 2.29. The smallest absolute Gasteiger partial charge is 0.305 e. The number of carbonyl (C=O) groups excluding carboxylic acids is 1. The Kier molecular flexibility index (Phi) is 5.27. The molecule has 0 spiro atoms. The largest absolute Gasteiger partial charge is 0.466 e. The van der Waals surface area contributed by atoms with Crippen LogP contribution in [0.2, 0.25) is 0 Å². The van der Waals surface area contributed by atoms with Gasteiger partial charge in [0.25, 0.3) is 0 Å². The molecule has 3 rings (SSSR count). The maximum atomic E-state index is 11.4. The van der Waals surface area contributed by atoms with E-state index in [-0.39, 0.29) is 5.97 Å². The Morgan fingerprint density at radius 1 is 0.958 bits per heavy atom. The lowest BCUT2D eigenvalue weighted by Crippen LogP contribution is -2.04. The van der Waals surface area contributed by atoms with Crippen LogP contribution in [-0.4, -0.2) is 12.6 Å². The molecule has 2 nitrogen and oxygen atoms in total. The highest BCUT2D eigenvalue weighted by Gasteiger charge is 2.05. The van der Waals surface area contributed by atoms with Gasteiger partial charge in [0.05, 0.1) is 6.61 Å². The van der Waals surface area contributed by atoms with E-state index in [0.29, 0.717) is 13.0 Å². The van der Waals surface area contributed by atoms with Crippen molar-refractivity contribution >= 4 is 16.7 Å². The highest BCUT2D eigenvalue weighted by molar-refractivity contribution is 5.96. The summed E-state index contributed by atoms with van der Waals surface area (Å²) in [4.78, 5) is 11.4. The van der Waals surface area contributed by atoms with Crippen LogP contribution in [0.25, 0.3) is 21.9 Å². The minimum absolute atomic E-state index is 0.109. The summed E-state index contributed by atoms with van der Waals surface area (Å²) in [6.07, 6.45) is 2.18. The molecule has 3 aromatic rings. The van der Waals surface area contributed by atoms with E-state index in [1.165, 1.54) is 27.5 Å². The number of hydrogen-bond acceptors (Lipinski definition) is 2. The van der Waals surface area contributed by atoms with Crippen LogP contribution < -0.4 is 0 Å². The summed E-state index contributed by atoms with van der Waals surface area (Å²) in [7, 11) is 0. The molecular weight excluding hydrogens is 296 g/mol. The zero-order chi connectivity index (χ0) is 16.8. The third-order valence-electron chi connectivity index (χ3n) is 4.18. The fourth-order valence-electron chi connectivity index (χ4n) is 3.04. The van der Waals surface area contributed by atoms with Gasteiger partial charge in [-0.2, -0.15) is 0 Å². The first-order valence-corrected chi connectivity index (χ1v) is 8.50. The van der Waals surface area contributed by atoms with Crippen LogP contribution in [0, 0.1) is 0 Å². The monoisotopic (exact) mass is 318 g/mol. The molecule has 0 aliphatic rings. The van der Waals surface area contributed by atoms with Crippen molar-refractivity contribution in [3.05, 3.63) is 72.3 Å². The van der Waals surface area contributed by atoms with Crippen molar-refractivity contribution in [1.29, 1.82) is 0 Å². The Morgan fingerprint density at radius 2 is 1.75 bits per heavy atom. The third kappa shape index (κ3) is 3.83. The molecule has 0 saturated heterocycles. The summed E-state index contributed by atoms with van der Waals surface area (Å²) >= 11 is 0. The molecule has 0 atom stereocenters. The molecule has 0 N–H and O–H groups in total. The molecule has 0 fully saturated rings. The first-order valence-electron chi connectivity index (χ1n) is 8.50. The van der Waals surface area contributed by atoms with Crippen molar-refractivity contribution in [2.24, 2.45) is 0 Å². The van der Waals surface area contributed by atoms with E-state index in [4.69, 9.17) is 4.74 Å². The van der Waals surface area contributed by atoms with E-state index in [2.05, 4.69) is 66.7 Å². The summed E-state index contributed by atoms with van der Waals surface area (Å²) in [5.41, 5.74) is 3.73. The van der Waals surface area contributed by atoms with E-state index in [9.17, 15) is 4.79 Å². The van der Waals surface area contributed by atoms with Gasteiger partial charge < -0.3 is 4.74 Å². The molecule has 0 saturated carbocycles. The molecule has 24 heavy (non-hydrogen) atoms. The van der Waals surface area contributed by atoms with E-state index in [0.717, 1.165) is 12.8 Å². The van der Waals surface area contributed by atoms with Crippen LogP contribution in [0.15, 0.2) is 66.7 Å². The van der Waals surface area contributed by atoms with Crippen molar-refractivity contribution in [2.75, 3.05) is 6.61 Å². The SMILES string of the molecule is CCOC(=O)CCCc1cccc(-c2cccc3ccccc23)c1. The van der Waals surface area contributed by atoms with Crippen LogP contribution in [0.1, 0.15) is 25.3 Å². The molecule has 0 heterocycles. The number of fused-ring (bicyclic) bond motifs is 1. The number of carbonyl (C=O) groups is 1. The Balaban J connectivity index is 1.79. The maximum Gasteiger partial charge on any atom is 0.305 e. The second-order valence-electron chi connectivity index (χ2n) is 5.89. The van der Waals surface area contributed by atoms with Gasteiger partial charge in [-0.25, -0.2) is 0 Å². The van der Waals surface area contributed by atoms with Crippen LogP contribution in [0.3, 0.4) is 0 Å². The van der Waals surface area contributed by atoms with Crippen LogP contribution in [0.4, 0.5) is 0 Å². The fraction of sp³-hybridized carbons (Fsp3) is 0.227. The maximum absolute atomic E-state index is 11.4. The van der Waals surface area contributed by atoms with Gasteiger partial charge in [0.2, 0.25) is 0 Å². The lowest BCUT2D eigenvalue weighted by Gasteiger charge is -2.09. The first-order chi connectivity index (χ1) is 11.8. The molecule has 122 valence electrons. The summed E-state index contributed by atoms with van der Waals surface area (Å²) < 4.78 is 4.98. The molecule has 0 aromatic heterocycles. The standard InChI is InChI=1S/C22H22O2/c1-2-24-22(23)15-6-9-17-8-5-12-19(16-17)21-14-7-11-18-10-3-4-13-20(18)21/h3-5,7-8,10-14,16H,2,6,9,15H2,1H3. The quantitative estimate of drug-likeness (QED) is 0.569. The molecule has 3 aromatic carbocycles. The normalized spacial score (nSPS) is 10.7. The lowest BCUT2D eigenvalue weighted by molar-refractivity contribution is -0.143.